The summed E-state index contributed by atoms with van der Waals surface area (Å²) in [6.45, 7) is 5.46. The number of nitrogens with one attached hydrogen (secondary N) is 1. The van der Waals surface area contributed by atoms with Crippen LogP contribution in [0.2, 0.25) is 0 Å². The number of benzene rings is 1. The molecule has 0 saturated carbocycles. The summed E-state index contributed by atoms with van der Waals surface area (Å²) >= 11 is 0. The normalized spacial score (nSPS) is 22.7. The monoisotopic (exact) mass is 284 g/mol. The lowest BCUT2D eigenvalue weighted by atomic mass is 10.1. The van der Waals surface area contributed by atoms with Crippen molar-refractivity contribution in [3.05, 3.63) is 29.3 Å². The van der Waals surface area contributed by atoms with Gasteiger partial charge in [-0.15, -0.1) is 0 Å². The molecule has 1 aromatic rings. The van der Waals surface area contributed by atoms with E-state index in [1.807, 2.05) is 13.1 Å². The third-order valence-corrected chi connectivity index (χ3v) is 4.72. The SMILES string of the molecule is CNCc1ccc(N2CCC(N3CCCC3)C2)c(C#N)c1. The largest absolute Gasteiger partial charge is 0.369 e. The highest BCUT2D eigenvalue weighted by atomic mass is 15.3. The van der Waals surface area contributed by atoms with Crippen LogP contribution < -0.4 is 10.2 Å². The Labute approximate surface area is 127 Å². The number of hydrogen-bond acceptors (Lipinski definition) is 4. The quantitative estimate of drug-likeness (QED) is 0.918. The molecule has 21 heavy (non-hydrogen) atoms. The number of nitriles is 1. The highest BCUT2D eigenvalue weighted by Crippen LogP contribution is 2.28. The Morgan fingerprint density at radius 3 is 2.81 bits per heavy atom. The Morgan fingerprint density at radius 2 is 2.10 bits per heavy atom. The van der Waals surface area contributed by atoms with E-state index in [9.17, 15) is 5.26 Å². The molecule has 2 fully saturated rings. The number of rotatable bonds is 4. The smallest absolute Gasteiger partial charge is 0.101 e. The first-order chi connectivity index (χ1) is 10.3. The third kappa shape index (κ3) is 3.04. The summed E-state index contributed by atoms with van der Waals surface area (Å²) in [5, 5.41) is 12.6. The second-order valence-corrected chi connectivity index (χ2v) is 6.13. The topological polar surface area (TPSA) is 42.3 Å². The first kappa shape index (κ1) is 14.4. The van der Waals surface area contributed by atoms with Gasteiger partial charge in [0.25, 0.3) is 0 Å². The van der Waals surface area contributed by atoms with E-state index in [1.165, 1.54) is 37.9 Å². The van der Waals surface area contributed by atoms with E-state index in [0.717, 1.165) is 30.9 Å². The van der Waals surface area contributed by atoms with E-state index in [1.54, 1.807) is 0 Å². The van der Waals surface area contributed by atoms with Crippen LogP contribution in [0, 0.1) is 11.3 Å². The van der Waals surface area contributed by atoms with Gasteiger partial charge in [-0.3, -0.25) is 4.90 Å². The Hall–Kier alpha value is -1.57. The van der Waals surface area contributed by atoms with Gasteiger partial charge >= 0.3 is 0 Å². The molecule has 2 heterocycles. The molecule has 0 aliphatic carbocycles. The molecule has 4 heteroatoms. The van der Waals surface area contributed by atoms with Crippen LogP contribution in [0.5, 0.6) is 0 Å². The van der Waals surface area contributed by atoms with E-state index in [2.05, 4.69) is 33.3 Å². The van der Waals surface area contributed by atoms with E-state index >= 15 is 0 Å². The molecule has 2 saturated heterocycles. The maximum absolute atomic E-state index is 9.44. The second kappa shape index (κ2) is 6.46. The van der Waals surface area contributed by atoms with Crippen molar-refractivity contribution in [1.29, 1.82) is 5.26 Å². The lowest BCUT2D eigenvalue weighted by Gasteiger charge is -2.25. The zero-order valence-electron chi connectivity index (χ0n) is 12.8. The van der Waals surface area contributed by atoms with Crippen molar-refractivity contribution in [1.82, 2.24) is 10.2 Å². The van der Waals surface area contributed by atoms with Crippen molar-refractivity contribution >= 4 is 5.69 Å². The first-order valence-electron chi connectivity index (χ1n) is 7.98. The molecule has 1 N–H and O–H groups in total. The molecular weight excluding hydrogens is 260 g/mol. The van der Waals surface area contributed by atoms with Gasteiger partial charge in [0.15, 0.2) is 0 Å². The molecule has 0 radical (unpaired) electrons. The van der Waals surface area contributed by atoms with Crippen LogP contribution in [-0.4, -0.2) is 44.2 Å². The molecule has 0 amide bonds. The summed E-state index contributed by atoms with van der Waals surface area (Å²) in [4.78, 5) is 5.02. The van der Waals surface area contributed by atoms with Crippen molar-refractivity contribution in [2.24, 2.45) is 0 Å². The molecule has 0 bridgehead atoms. The van der Waals surface area contributed by atoms with Crippen LogP contribution >= 0.6 is 0 Å². The summed E-state index contributed by atoms with van der Waals surface area (Å²) in [6, 6.07) is 9.33. The van der Waals surface area contributed by atoms with Crippen molar-refractivity contribution < 1.29 is 0 Å². The predicted molar refractivity (Wildman–Crippen MR) is 85.3 cm³/mol. The van der Waals surface area contributed by atoms with Gasteiger partial charge in [-0.25, -0.2) is 0 Å². The maximum Gasteiger partial charge on any atom is 0.101 e. The van der Waals surface area contributed by atoms with Crippen LogP contribution in [0.4, 0.5) is 5.69 Å². The van der Waals surface area contributed by atoms with Crippen LogP contribution in [0.25, 0.3) is 0 Å². The van der Waals surface area contributed by atoms with E-state index in [0.29, 0.717) is 6.04 Å². The highest BCUT2D eigenvalue weighted by Gasteiger charge is 2.30. The van der Waals surface area contributed by atoms with Crippen LogP contribution in [0.15, 0.2) is 18.2 Å². The fourth-order valence-corrected chi connectivity index (χ4v) is 3.63. The average Bonchev–Trinajstić information content (AvgIpc) is 3.18. The summed E-state index contributed by atoms with van der Waals surface area (Å²) < 4.78 is 0. The second-order valence-electron chi connectivity index (χ2n) is 6.13. The molecule has 1 aromatic carbocycles. The van der Waals surface area contributed by atoms with Gasteiger partial charge in [0.05, 0.1) is 11.3 Å². The zero-order valence-corrected chi connectivity index (χ0v) is 12.8. The van der Waals surface area contributed by atoms with Gasteiger partial charge < -0.3 is 10.2 Å². The first-order valence-corrected chi connectivity index (χ1v) is 7.98. The van der Waals surface area contributed by atoms with Gasteiger partial charge in [0, 0.05) is 25.7 Å². The minimum atomic E-state index is 0.677. The lowest BCUT2D eigenvalue weighted by molar-refractivity contribution is 0.260. The number of hydrogen-bond donors (Lipinski definition) is 1. The van der Waals surface area contributed by atoms with Crippen molar-refractivity contribution in [3.63, 3.8) is 0 Å². The summed E-state index contributed by atoms with van der Waals surface area (Å²) in [6.07, 6.45) is 3.92. The molecule has 4 nitrogen and oxygen atoms in total. The average molecular weight is 284 g/mol. The Bertz CT molecular complexity index is 528. The van der Waals surface area contributed by atoms with Crippen molar-refractivity contribution in [2.75, 3.05) is 38.1 Å². The molecule has 3 rings (SSSR count). The molecule has 0 aromatic heterocycles. The van der Waals surface area contributed by atoms with Gasteiger partial charge in [-0.1, -0.05) is 6.07 Å². The van der Waals surface area contributed by atoms with Gasteiger partial charge in [0.2, 0.25) is 0 Å². The maximum atomic E-state index is 9.44. The standard InChI is InChI=1S/C17H24N4/c1-19-12-14-4-5-17(15(10-14)11-18)21-9-6-16(13-21)20-7-2-3-8-20/h4-5,10,16,19H,2-3,6-9,12-13H2,1H3. The Morgan fingerprint density at radius 1 is 1.29 bits per heavy atom. The number of nitrogens with zero attached hydrogens (tertiary/aromatic N) is 3. The molecule has 1 unspecified atom stereocenters. The summed E-state index contributed by atoms with van der Waals surface area (Å²) in [5.74, 6) is 0. The fourth-order valence-electron chi connectivity index (χ4n) is 3.63. The van der Waals surface area contributed by atoms with Gasteiger partial charge in [-0.2, -0.15) is 5.26 Å². The zero-order chi connectivity index (χ0) is 14.7. The lowest BCUT2D eigenvalue weighted by Crippen LogP contribution is -2.35. The van der Waals surface area contributed by atoms with Crippen LogP contribution in [0.1, 0.15) is 30.4 Å². The Kier molecular flexibility index (Phi) is 4.42. The van der Waals surface area contributed by atoms with Crippen molar-refractivity contribution in [3.8, 4) is 6.07 Å². The molecule has 2 aliphatic rings. The molecule has 0 spiro atoms. The molecular formula is C17H24N4. The van der Waals surface area contributed by atoms with E-state index < -0.39 is 0 Å². The summed E-state index contributed by atoms with van der Waals surface area (Å²) in [5.41, 5.74) is 3.09. The minimum Gasteiger partial charge on any atom is -0.369 e. The molecule has 112 valence electrons. The van der Waals surface area contributed by atoms with Crippen LogP contribution in [-0.2, 0) is 6.54 Å². The van der Waals surface area contributed by atoms with Gasteiger partial charge in [0.1, 0.15) is 6.07 Å². The third-order valence-electron chi connectivity index (χ3n) is 4.72. The van der Waals surface area contributed by atoms with Gasteiger partial charge in [-0.05, 0) is 57.1 Å². The fraction of sp³-hybridized carbons (Fsp3) is 0.588. The van der Waals surface area contributed by atoms with Crippen molar-refractivity contribution in [2.45, 2.75) is 31.8 Å². The van der Waals surface area contributed by atoms with E-state index in [4.69, 9.17) is 0 Å². The summed E-state index contributed by atoms with van der Waals surface area (Å²) in [7, 11) is 1.93. The minimum absolute atomic E-state index is 0.677. The molecule has 1 atom stereocenters. The number of likely N-dealkylation sites (tertiary alicyclic amines) is 1. The Balaban J connectivity index is 1.73. The molecule has 2 aliphatic heterocycles. The van der Waals surface area contributed by atoms with E-state index in [-0.39, 0.29) is 0 Å². The van der Waals surface area contributed by atoms with Crippen LogP contribution in [0.3, 0.4) is 0 Å². The number of anilines is 1. The highest BCUT2D eigenvalue weighted by molar-refractivity contribution is 5.61. The predicted octanol–water partition coefficient (Wildman–Crippen LogP) is 1.95.